The number of hydrogen-bond acceptors (Lipinski definition) is 3. The minimum Gasteiger partial charge on any atom is -0.497 e. The molecule has 1 aliphatic rings. The largest absolute Gasteiger partial charge is 0.497 e. The van der Waals surface area contributed by atoms with Gasteiger partial charge in [-0.15, -0.1) is 0 Å². The van der Waals surface area contributed by atoms with E-state index >= 15 is 0 Å². The van der Waals surface area contributed by atoms with E-state index in [2.05, 4.69) is 10.3 Å². The van der Waals surface area contributed by atoms with Crippen molar-refractivity contribution in [3.05, 3.63) is 30.0 Å². The summed E-state index contributed by atoms with van der Waals surface area (Å²) in [5.41, 5.74) is 1.87. The van der Waals surface area contributed by atoms with E-state index in [1.807, 2.05) is 24.4 Å². The van der Waals surface area contributed by atoms with Crippen molar-refractivity contribution in [1.82, 2.24) is 10.3 Å². The monoisotopic (exact) mass is 316 g/mol. The highest BCUT2D eigenvalue weighted by Gasteiger charge is 2.30. The summed E-state index contributed by atoms with van der Waals surface area (Å²) in [7, 11) is 1.61. The zero-order valence-corrected chi connectivity index (χ0v) is 13.0. The molecule has 3 N–H and O–H groups in total. The minimum absolute atomic E-state index is 0.0386. The van der Waals surface area contributed by atoms with E-state index < -0.39 is 5.97 Å². The van der Waals surface area contributed by atoms with Crippen LogP contribution in [0.15, 0.2) is 24.4 Å². The van der Waals surface area contributed by atoms with Gasteiger partial charge in [0.15, 0.2) is 0 Å². The number of rotatable bonds is 5. The smallest absolute Gasteiger partial charge is 0.306 e. The van der Waals surface area contributed by atoms with Crippen molar-refractivity contribution in [2.45, 2.75) is 31.7 Å². The summed E-state index contributed by atoms with van der Waals surface area (Å²) in [5.74, 6) is -0.438. The molecule has 1 heterocycles. The highest BCUT2D eigenvalue weighted by atomic mass is 16.5. The SMILES string of the molecule is COc1ccc2[nH]cc(CC(=O)N[C@H]3CC[C@H](C(=O)O)C3)c2c1. The number of methoxy groups -OCH3 is 1. The van der Waals surface area contributed by atoms with Gasteiger partial charge in [0.2, 0.25) is 5.91 Å². The second kappa shape index (κ2) is 6.32. The van der Waals surface area contributed by atoms with Crippen LogP contribution in [0.1, 0.15) is 24.8 Å². The molecule has 122 valence electrons. The highest BCUT2D eigenvalue weighted by molar-refractivity contribution is 5.89. The van der Waals surface area contributed by atoms with Crippen LogP contribution >= 0.6 is 0 Å². The predicted octanol–water partition coefficient (Wildman–Crippen LogP) is 2.09. The molecule has 1 amide bonds. The van der Waals surface area contributed by atoms with Gasteiger partial charge in [0, 0.05) is 23.1 Å². The molecule has 0 unspecified atom stereocenters. The maximum Gasteiger partial charge on any atom is 0.306 e. The Kier molecular flexibility index (Phi) is 4.23. The van der Waals surface area contributed by atoms with Crippen LogP contribution in [0.25, 0.3) is 10.9 Å². The summed E-state index contributed by atoms with van der Waals surface area (Å²) in [4.78, 5) is 26.4. The molecule has 2 atom stereocenters. The van der Waals surface area contributed by atoms with E-state index in [0.29, 0.717) is 12.8 Å². The van der Waals surface area contributed by atoms with E-state index in [0.717, 1.165) is 28.6 Å². The lowest BCUT2D eigenvalue weighted by atomic mass is 10.1. The Hall–Kier alpha value is -2.50. The summed E-state index contributed by atoms with van der Waals surface area (Å²) in [5, 5.41) is 12.9. The molecule has 1 aliphatic carbocycles. The molecule has 0 spiro atoms. The van der Waals surface area contributed by atoms with Crippen molar-refractivity contribution in [2.75, 3.05) is 7.11 Å². The molecule has 23 heavy (non-hydrogen) atoms. The molecule has 2 aromatic rings. The number of H-pyrrole nitrogens is 1. The van der Waals surface area contributed by atoms with Gasteiger partial charge in [0.05, 0.1) is 19.4 Å². The number of nitrogens with one attached hydrogen (secondary N) is 2. The highest BCUT2D eigenvalue weighted by Crippen LogP contribution is 2.26. The first-order chi connectivity index (χ1) is 11.1. The number of aromatic amines is 1. The van der Waals surface area contributed by atoms with Gasteiger partial charge >= 0.3 is 5.97 Å². The van der Waals surface area contributed by atoms with E-state index in [-0.39, 0.29) is 24.3 Å². The fourth-order valence-electron chi connectivity index (χ4n) is 3.22. The molecule has 6 heteroatoms. The number of carboxylic acid groups (broad SMARTS) is 1. The van der Waals surface area contributed by atoms with E-state index in [4.69, 9.17) is 9.84 Å². The van der Waals surface area contributed by atoms with Crippen molar-refractivity contribution in [1.29, 1.82) is 0 Å². The number of benzene rings is 1. The molecule has 0 saturated heterocycles. The number of carboxylic acids is 1. The fourth-order valence-corrected chi connectivity index (χ4v) is 3.22. The summed E-state index contributed by atoms with van der Waals surface area (Å²) < 4.78 is 5.22. The van der Waals surface area contributed by atoms with Crippen LogP contribution in [0.4, 0.5) is 0 Å². The molecular formula is C17H20N2O4. The Morgan fingerprint density at radius 1 is 1.39 bits per heavy atom. The normalized spacial score (nSPS) is 20.6. The number of fused-ring (bicyclic) bond motifs is 1. The number of carbonyl (C=O) groups is 2. The molecule has 0 bridgehead atoms. The summed E-state index contributed by atoms with van der Waals surface area (Å²) in [6, 6.07) is 5.66. The van der Waals surface area contributed by atoms with Crippen LogP contribution in [0, 0.1) is 5.92 Å². The van der Waals surface area contributed by atoms with Crippen LogP contribution in [-0.4, -0.2) is 35.1 Å². The first-order valence-electron chi connectivity index (χ1n) is 7.73. The lowest BCUT2D eigenvalue weighted by molar-refractivity contribution is -0.141. The topological polar surface area (TPSA) is 91.4 Å². The van der Waals surface area contributed by atoms with E-state index in [1.165, 1.54) is 0 Å². The van der Waals surface area contributed by atoms with Crippen LogP contribution < -0.4 is 10.1 Å². The maximum atomic E-state index is 12.2. The van der Waals surface area contributed by atoms with Crippen molar-refractivity contribution in [2.24, 2.45) is 5.92 Å². The van der Waals surface area contributed by atoms with Gasteiger partial charge in [-0.1, -0.05) is 0 Å². The molecule has 6 nitrogen and oxygen atoms in total. The van der Waals surface area contributed by atoms with Gasteiger partial charge in [-0.05, 0) is 43.0 Å². The Bertz CT molecular complexity index is 737. The van der Waals surface area contributed by atoms with Crippen LogP contribution in [0.5, 0.6) is 5.75 Å². The Morgan fingerprint density at radius 2 is 2.22 bits per heavy atom. The number of aromatic nitrogens is 1. The Labute approximate surface area is 133 Å². The van der Waals surface area contributed by atoms with Crippen LogP contribution in [0.2, 0.25) is 0 Å². The lowest BCUT2D eigenvalue weighted by Gasteiger charge is -2.12. The third kappa shape index (κ3) is 3.31. The minimum atomic E-state index is -0.773. The zero-order chi connectivity index (χ0) is 16.4. The van der Waals surface area contributed by atoms with Gasteiger partial charge in [-0.25, -0.2) is 0 Å². The van der Waals surface area contributed by atoms with Crippen LogP contribution in [-0.2, 0) is 16.0 Å². The average Bonchev–Trinajstić information content (AvgIpc) is 3.14. The first-order valence-corrected chi connectivity index (χ1v) is 7.73. The number of aliphatic carboxylic acids is 1. The van der Waals surface area contributed by atoms with Gasteiger partial charge < -0.3 is 20.1 Å². The standard InChI is InChI=1S/C17H20N2O4/c1-23-13-4-5-15-14(8-13)11(9-18-15)7-16(20)19-12-3-2-10(6-12)17(21)22/h4-5,8-10,12,18H,2-3,6-7H2,1H3,(H,19,20)(H,21,22)/t10-,12-/m0/s1. The molecule has 0 radical (unpaired) electrons. The van der Waals surface area contributed by atoms with Gasteiger partial charge in [0.25, 0.3) is 0 Å². The molecule has 1 aromatic carbocycles. The second-order valence-electron chi connectivity index (χ2n) is 6.01. The van der Waals surface area contributed by atoms with Crippen molar-refractivity contribution in [3.63, 3.8) is 0 Å². The summed E-state index contributed by atoms with van der Waals surface area (Å²) >= 11 is 0. The van der Waals surface area contributed by atoms with Crippen molar-refractivity contribution >= 4 is 22.8 Å². The molecule has 1 saturated carbocycles. The van der Waals surface area contributed by atoms with Gasteiger partial charge in [-0.3, -0.25) is 9.59 Å². The molecular weight excluding hydrogens is 296 g/mol. The lowest BCUT2D eigenvalue weighted by Crippen LogP contribution is -2.34. The number of hydrogen-bond donors (Lipinski definition) is 3. The summed E-state index contributed by atoms with van der Waals surface area (Å²) in [6.07, 6.45) is 3.97. The Balaban J connectivity index is 1.65. The fraction of sp³-hybridized carbons (Fsp3) is 0.412. The molecule has 1 aromatic heterocycles. The number of ether oxygens (including phenoxy) is 1. The molecule has 0 aliphatic heterocycles. The Morgan fingerprint density at radius 3 is 2.91 bits per heavy atom. The molecule has 3 rings (SSSR count). The van der Waals surface area contributed by atoms with Crippen molar-refractivity contribution < 1.29 is 19.4 Å². The zero-order valence-electron chi connectivity index (χ0n) is 13.0. The van der Waals surface area contributed by atoms with E-state index in [9.17, 15) is 9.59 Å². The van der Waals surface area contributed by atoms with Crippen molar-refractivity contribution in [3.8, 4) is 5.75 Å². The average molecular weight is 316 g/mol. The summed E-state index contributed by atoms with van der Waals surface area (Å²) in [6.45, 7) is 0. The first kappa shape index (κ1) is 15.4. The molecule has 1 fully saturated rings. The third-order valence-electron chi connectivity index (χ3n) is 4.47. The second-order valence-corrected chi connectivity index (χ2v) is 6.01. The number of carbonyl (C=O) groups excluding carboxylic acids is 1. The predicted molar refractivity (Wildman–Crippen MR) is 85.5 cm³/mol. The van der Waals surface area contributed by atoms with Gasteiger partial charge in [-0.2, -0.15) is 0 Å². The number of amides is 1. The van der Waals surface area contributed by atoms with E-state index in [1.54, 1.807) is 7.11 Å². The van der Waals surface area contributed by atoms with Crippen LogP contribution in [0.3, 0.4) is 0 Å². The quantitative estimate of drug-likeness (QED) is 0.787. The van der Waals surface area contributed by atoms with Gasteiger partial charge in [0.1, 0.15) is 5.75 Å². The third-order valence-corrected chi connectivity index (χ3v) is 4.47. The maximum absolute atomic E-state index is 12.2.